The average Bonchev–Trinajstić information content (AvgIpc) is 2.59. The van der Waals surface area contributed by atoms with Crippen molar-refractivity contribution < 1.29 is 9.82 Å². The van der Waals surface area contributed by atoms with Gasteiger partial charge in [-0.1, -0.05) is 53.5 Å². The van der Waals surface area contributed by atoms with E-state index < -0.39 is 4.92 Å². The van der Waals surface area contributed by atoms with Gasteiger partial charge in [-0.05, 0) is 6.07 Å². The summed E-state index contributed by atoms with van der Waals surface area (Å²) in [5.41, 5.74) is 1.75. The number of nitrogens with zero attached hydrogens (tertiary/aromatic N) is 2. The molecule has 0 bridgehead atoms. The Hall–Kier alpha value is -1.82. The quantitative estimate of drug-likeness (QED) is 0.668. The van der Waals surface area contributed by atoms with Gasteiger partial charge in [-0.25, -0.2) is 0 Å². The van der Waals surface area contributed by atoms with Crippen LogP contribution in [0.25, 0.3) is 0 Å². The molecule has 0 aromatic heterocycles. The number of rotatable bonds is 4. The molecule has 1 aliphatic rings. The summed E-state index contributed by atoms with van der Waals surface area (Å²) in [6.45, 7) is 4.18. The molecule has 0 saturated carbocycles. The normalized spacial score (nSPS) is 15.5. The van der Waals surface area contributed by atoms with Crippen LogP contribution in [-0.2, 0) is 6.54 Å². The standard InChI is InChI=1S/C17H17Cl2N3O2/c18-14-6-7-15(22(23)24)17(16(14)19)21-10-8-20(9-11-21)12-13-4-2-1-3-5-13/h1-7H,8-12H2/p+1. The first-order valence-corrected chi connectivity index (χ1v) is 8.56. The fourth-order valence-corrected chi connectivity index (χ4v) is 3.52. The average molecular weight is 367 g/mol. The lowest BCUT2D eigenvalue weighted by molar-refractivity contribution is -0.914. The SMILES string of the molecule is O=[N+]([O-])c1ccc(Cl)c(Cl)c1N1CC[NH+](Cc2ccccc2)CC1. The maximum Gasteiger partial charge on any atom is 0.294 e. The molecule has 5 nitrogen and oxygen atoms in total. The Balaban J connectivity index is 1.73. The molecule has 0 aliphatic carbocycles. The van der Waals surface area contributed by atoms with Crippen molar-refractivity contribution in [3.05, 3.63) is 68.2 Å². The number of nitro groups is 1. The van der Waals surface area contributed by atoms with Gasteiger partial charge in [0.05, 0.1) is 41.1 Å². The molecule has 1 fully saturated rings. The molecule has 24 heavy (non-hydrogen) atoms. The monoisotopic (exact) mass is 366 g/mol. The van der Waals surface area contributed by atoms with Crippen LogP contribution in [0.4, 0.5) is 11.4 Å². The Kier molecular flexibility index (Phi) is 5.23. The highest BCUT2D eigenvalue weighted by atomic mass is 35.5. The third-order valence-corrected chi connectivity index (χ3v) is 5.12. The van der Waals surface area contributed by atoms with Gasteiger partial charge in [-0.15, -0.1) is 0 Å². The molecule has 0 unspecified atom stereocenters. The van der Waals surface area contributed by atoms with E-state index in [4.69, 9.17) is 23.2 Å². The van der Waals surface area contributed by atoms with Crippen LogP contribution in [0.15, 0.2) is 42.5 Å². The van der Waals surface area contributed by atoms with E-state index in [0.717, 1.165) is 19.6 Å². The molecule has 1 heterocycles. The second kappa shape index (κ2) is 7.38. The zero-order valence-electron chi connectivity index (χ0n) is 13.0. The van der Waals surface area contributed by atoms with Crippen LogP contribution in [0.3, 0.4) is 0 Å². The fourth-order valence-electron chi connectivity index (χ4n) is 3.09. The summed E-state index contributed by atoms with van der Waals surface area (Å²) in [5, 5.41) is 11.9. The molecular weight excluding hydrogens is 349 g/mol. The largest absolute Gasteiger partial charge is 0.353 e. The maximum atomic E-state index is 11.3. The lowest BCUT2D eigenvalue weighted by Crippen LogP contribution is -3.13. The number of anilines is 1. The Morgan fingerprint density at radius 2 is 1.75 bits per heavy atom. The molecule has 2 aromatic rings. The second-order valence-electron chi connectivity index (χ2n) is 5.89. The van der Waals surface area contributed by atoms with Gasteiger partial charge in [0.15, 0.2) is 0 Å². The first kappa shape index (κ1) is 17.0. The molecule has 3 rings (SSSR count). The summed E-state index contributed by atoms with van der Waals surface area (Å²) in [6, 6.07) is 13.2. The van der Waals surface area contributed by atoms with Gasteiger partial charge in [-0.2, -0.15) is 0 Å². The van der Waals surface area contributed by atoms with E-state index in [9.17, 15) is 10.1 Å². The van der Waals surface area contributed by atoms with Crippen LogP contribution in [0.2, 0.25) is 10.0 Å². The molecule has 0 amide bonds. The molecule has 126 valence electrons. The molecule has 1 N–H and O–H groups in total. The van der Waals surface area contributed by atoms with Crippen LogP contribution >= 0.6 is 23.2 Å². The molecular formula is C17H18Cl2N3O2+. The van der Waals surface area contributed by atoms with Gasteiger partial charge in [0.25, 0.3) is 5.69 Å². The summed E-state index contributed by atoms with van der Waals surface area (Å²) in [4.78, 5) is 14.3. The van der Waals surface area contributed by atoms with Crippen molar-refractivity contribution in [1.82, 2.24) is 0 Å². The zero-order chi connectivity index (χ0) is 17.1. The molecule has 1 aliphatic heterocycles. The first-order valence-electron chi connectivity index (χ1n) is 7.81. The van der Waals surface area contributed by atoms with Crippen molar-refractivity contribution in [2.75, 3.05) is 31.1 Å². The minimum atomic E-state index is -0.402. The molecule has 0 radical (unpaired) electrons. The smallest absolute Gasteiger partial charge is 0.294 e. The summed E-state index contributed by atoms with van der Waals surface area (Å²) in [5.74, 6) is 0. The molecule has 0 atom stereocenters. The van der Waals surface area contributed by atoms with Crippen molar-refractivity contribution in [3.63, 3.8) is 0 Å². The number of piperazine rings is 1. The Morgan fingerprint density at radius 3 is 2.38 bits per heavy atom. The van der Waals surface area contributed by atoms with Crippen molar-refractivity contribution >= 4 is 34.6 Å². The van der Waals surface area contributed by atoms with Crippen LogP contribution in [0.1, 0.15) is 5.56 Å². The van der Waals surface area contributed by atoms with E-state index in [1.165, 1.54) is 22.6 Å². The van der Waals surface area contributed by atoms with Crippen LogP contribution < -0.4 is 9.80 Å². The Labute approximate surface area is 150 Å². The van der Waals surface area contributed by atoms with Gasteiger partial charge in [0.1, 0.15) is 12.2 Å². The third-order valence-electron chi connectivity index (χ3n) is 4.33. The van der Waals surface area contributed by atoms with E-state index in [1.807, 2.05) is 23.1 Å². The number of hydrogen-bond acceptors (Lipinski definition) is 3. The number of benzene rings is 2. The zero-order valence-corrected chi connectivity index (χ0v) is 14.6. The van der Waals surface area contributed by atoms with Crippen molar-refractivity contribution in [3.8, 4) is 0 Å². The number of nitro benzene ring substituents is 1. The van der Waals surface area contributed by atoms with Crippen LogP contribution in [0.5, 0.6) is 0 Å². The summed E-state index contributed by atoms with van der Waals surface area (Å²) >= 11 is 12.3. The lowest BCUT2D eigenvalue weighted by Gasteiger charge is -2.33. The van der Waals surface area contributed by atoms with Crippen molar-refractivity contribution in [2.45, 2.75) is 6.54 Å². The minimum Gasteiger partial charge on any atom is -0.353 e. The van der Waals surface area contributed by atoms with E-state index >= 15 is 0 Å². The highest BCUT2D eigenvalue weighted by molar-refractivity contribution is 6.44. The molecule has 7 heteroatoms. The fraction of sp³-hybridized carbons (Fsp3) is 0.294. The number of quaternary nitrogens is 1. The van der Waals surface area contributed by atoms with Gasteiger partial charge in [0.2, 0.25) is 0 Å². The highest BCUT2D eigenvalue weighted by Crippen LogP contribution is 2.40. The van der Waals surface area contributed by atoms with Gasteiger partial charge >= 0.3 is 0 Å². The number of hydrogen-bond donors (Lipinski definition) is 1. The number of halogens is 2. The van der Waals surface area contributed by atoms with Crippen molar-refractivity contribution in [1.29, 1.82) is 0 Å². The van der Waals surface area contributed by atoms with Crippen molar-refractivity contribution in [2.24, 2.45) is 0 Å². The van der Waals surface area contributed by atoms with E-state index in [0.29, 0.717) is 23.8 Å². The Bertz CT molecular complexity index is 732. The molecule has 1 saturated heterocycles. The van der Waals surface area contributed by atoms with E-state index in [2.05, 4.69) is 12.1 Å². The summed E-state index contributed by atoms with van der Waals surface area (Å²) in [7, 11) is 0. The van der Waals surface area contributed by atoms with Gasteiger partial charge in [-0.3, -0.25) is 10.1 Å². The lowest BCUT2D eigenvalue weighted by atomic mass is 10.1. The van der Waals surface area contributed by atoms with Crippen LogP contribution in [-0.4, -0.2) is 31.1 Å². The van der Waals surface area contributed by atoms with Gasteiger partial charge in [0, 0.05) is 11.6 Å². The Morgan fingerprint density at radius 1 is 1.08 bits per heavy atom. The second-order valence-corrected chi connectivity index (χ2v) is 6.67. The first-order chi connectivity index (χ1) is 11.6. The summed E-state index contributed by atoms with van der Waals surface area (Å²) in [6.07, 6.45) is 0. The van der Waals surface area contributed by atoms with E-state index in [1.54, 1.807) is 0 Å². The topological polar surface area (TPSA) is 50.8 Å². The summed E-state index contributed by atoms with van der Waals surface area (Å²) < 4.78 is 0. The minimum absolute atomic E-state index is 0.0101. The molecule has 2 aromatic carbocycles. The third kappa shape index (κ3) is 3.64. The number of nitrogens with one attached hydrogen (secondary N) is 1. The predicted octanol–water partition coefficient (Wildman–Crippen LogP) is 2.81. The molecule has 0 spiro atoms. The predicted molar refractivity (Wildman–Crippen MR) is 96.2 cm³/mol. The van der Waals surface area contributed by atoms with E-state index in [-0.39, 0.29) is 10.7 Å². The highest BCUT2D eigenvalue weighted by Gasteiger charge is 2.28. The maximum absolute atomic E-state index is 11.3. The van der Waals surface area contributed by atoms with Gasteiger partial charge < -0.3 is 9.80 Å². The van der Waals surface area contributed by atoms with Crippen LogP contribution in [0, 0.1) is 10.1 Å².